The Hall–Kier alpha value is -0.0600. The second-order valence-electron chi connectivity index (χ2n) is 5.82. The van der Waals surface area contributed by atoms with Gasteiger partial charge < -0.3 is 36.4 Å². The average molecular weight is 310 g/mol. The summed E-state index contributed by atoms with van der Waals surface area (Å²) < 4.78 is -0.745. The van der Waals surface area contributed by atoms with Gasteiger partial charge in [-0.05, 0) is 6.92 Å². The maximum atomic E-state index is 10.0. The first-order chi connectivity index (χ1) is 9.21. The van der Waals surface area contributed by atoms with Gasteiger partial charge in [-0.2, -0.15) is 0 Å². The van der Waals surface area contributed by atoms with Gasteiger partial charge in [-0.15, -0.1) is 10.5 Å². The summed E-state index contributed by atoms with van der Waals surface area (Å²) in [7, 11) is -1.11. The Bertz CT molecular complexity index is 405. The number of hydrogen-bond donors (Lipinski definition) is 7. The second kappa shape index (κ2) is 5.62. The van der Waals surface area contributed by atoms with Crippen molar-refractivity contribution >= 4 is 15.9 Å². The van der Waals surface area contributed by atoms with E-state index in [0.717, 1.165) is 0 Å². The highest BCUT2D eigenvalue weighted by atomic mass is 32.2. The molecule has 0 radical (unpaired) electrons. The fourth-order valence-corrected chi connectivity index (χ4v) is 6.07. The molecule has 1 aliphatic carbocycles. The lowest BCUT2D eigenvalue weighted by Gasteiger charge is -2.23. The molecule has 9 atom stereocenters. The Kier molecular flexibility index (Phi) is 4.58. The third-order valence-electron chi connectivity index (χ3n) is 4.35. The van der Waals surface area contributed by atoms with Crippen LogP contribution in [0, 0.1) is 0 Å². The molecule has 118 valence electrons. The Balaban J connectivity index is 2.15. The minimum Gasteiger partial charge on any atom is -0.391 e. The molecular weight excluding hydrogens is 286 g/mol. The lowest BCUT2D eigenvalue weighted by atomic mass is 10.0. The molecule has 8 heteroatoms. The summed E-state index contributed by atoms with van der Waals surface area (Å²) in [5.41, 5.74) is 5.68. The van der Waals surface area contributed by atoms with Gasteiger partial charge in [0.05, 0.1) is 23.6 Å². The molecule has 2 rings (SSSR count). The van der Waals surface area contributed by atoms with E-state index in [0.29, 0.717) is 12.2 Å². The summed E-state index contributed by atoms with van der Waals surface area (Å²) in [4.78, 5) is 0. The highest BCUT2D eigenvalue weighted by molar-refractivity contribution is 7.97. The summed E-state index contributed by atoms with van der Waals surface area (Å²) in [5, 5.41) is 59.9. The van der Waals surface area contributed by atoms with Crippen LogP contribution in [0.15, 0.2) is 0 Å². The zero-order chi connectivity index (χ0) is 15.2. The van der Waals surface area contributed by atoms with Gasteiger partial charge in [-0.25, -0.2) is 0 Å². The van der Waals surface area contributed by atoms with Crippen molar-refractivity contribution < 1.29 is 30.6 Å². The number of hydrogen-bond acceptors (Lipinski definition) is 7. The number of thiol groups is 1. The van der Waals surface area contributed by atoms with E-state index in [2.05, 4.69) is 0 Å². The topological polar surface area (TPSA) is 147 Å². The van der Waals surface area contributed by atoms with E-state index in [9.17, 15) is 30.6 Å². The van der Waals surface area contributed by atoms with E-state index in [4.69, 9.17) is 5.73 Å². The lowest BCUT2D eigenvalue weighted by molar-refractivity contribution is -0.00495. The minimum absolute atomic E-state index is 0.294. The van der Waals surface area contributed by atoms with Gasteiger partial charge in [-0.3, -0.25) is 0 Å². The predicted octanol–water partition coefficient (Wildman–Crippen LogP) is -4.19. The van der Waals surface area contributed by atoms with E-state index >= 15 is 0 Å². The third kappa shape index (κ3) is 2.55. The highest BCUT2D eigenvalue weighted by Crippen LogP contribution is 2.50. The smallest absolute Gasteiger partial charge is 0.150 e. The van der Waals surface area contributed by atoms with Crippen molar-refractivity contribution in [2.24, 2.45) is 5.73 Å². The standard InChI is InChI=1S/C12H23NO6S/c1-5(14)10(18)9(13)6(15)3-20-4-7(16)11(19)12(20)2-8(12)17/h3,5-11,14-19H,2,4,13H2,1H3/p+1. The summed E-state index contributed by atoms with van der Waals surface area (Å²) >= 11 is 0. The monoisotopic (exact) mass is 310 g/mol. The first-order valence-corrected chi connectivity index (χ1v) is 8.27. The molecule has 1 heterocycles. The molecular formula is C12H24NO6S+. The van der Waals surface area contributed by atoms with Crippen molar-refractivity contribution in [1.29, 1.82) is 0 Å². The second-order valence-corrected chi connectivity index (χ2v) is 8.26. The molecule has 1 saturated heterocycles. The van der Waals surface area contributed by atoms with Crippen LogP contribution in [0.2, 0.25) is 0 Å². The largest absolute Gasteiger partial charge is 0.391 e. The zero-order valence-corrected chi connectivity index (χ0v) is 12.1. The Morgan fingerprint density at radius 1 is 1.25 bits per heavy atom. The van der Waals surface area contributed by atoms with Crippen LogP contribution in [-0.2, 0) is 10.5 Å². The summed E-state index contributed by atoms with van der Waals surface area (Å²) in [5.74, 6) is 0.294. The first kappa shape index (κ1) is 16.3. The molecule has 0 aromatic rings. The molecule has 0 aromatic carbocycles. The highest BCUT2D eigenvalue weighted by Gasteiger charge is 2.71. The van der Waals surface area contributed by atoms with Crippen LogP contribution in [0.25, 0.3) is 0 Å². The first-order valence-electron chi connectivity index (χ1n) is 6.67. The van der Waals surface area contributed by atoms with Crippen molar-refractivity contribution in [3.8, 4) is 0 Å². The van der Waals surface area contributed by atoms with Crippen molar-refractivity contribution in [2.75, 3.05) is 5.75 Å². The molecule has 8 N–H and O–H groups in total. The molecule has 0 amide bonds. The number of aliphatic hydroxyl groups excluding tert-OH is 6. The summed E-state index contributed by atoms with van der Waals surface area (Å²) in [6.45, 7) is 1.37. The van der Waals surface area contributed by atoms with E-state index in [-0.39, 0.29) is 0 Å². The van der Waals surface area contributed by atoms with Gasteiger partial charge in [0.2, 0.25) is 0 Å². The summed E-state index contributed by atoms with van der Waals surface area (Å²) in [6, 6.07) is -1.06. The Labute approximate surface area is 119 Å². The molecule has 7 nitrogen and oxygen atoms in total. The van der Waals surface area contributed by atoms with Crippen LogP contribution in [-0.4, -0.2) is 89.2 Å². The number of nitrogens with two attached hydrogens (primary N) is 1. The van der Waals surface area contributed by atoms with E-state index < -0.39 is 57.9 Å². The molecule has 20 heavy (non-hydrogen) atoms. The minimum atomic E-state index is -1.27. The number of aliphatic hydroxyl groups is 6. The van der Waals surface area contributed by atoms with E-state index in [1.165, 1.54) is 12.3 Å². The van der Waals surface area contributed by atoms with Gasteiger partial charge in [0.15, 0.2) is 4.75 Å². The van der Waals surface area contributed by atoms with Gasteiger partial charge in [0, 0.05) is 6.42 Å². The van der Waals surface area contributed by atoms with Crippen molar-refractivity contribution in [3.05, 3.63) is 0 Å². The third-order valence-corrected chi connectivity index (χ3v) is 7.60. The fraction of sp³-hybridized carbons (Fsp3) is 0.917. The van der Waals surface area contributed by atoms with Crippen LogP contribution in [0.1, 0.15) is 13.3 Å². The van der Waals surface area contributed by atoms with Crippen molar-refractivity contribution in [3.63, 3.8) is 0 Å². The molecule has 2 aliphatic rings. The lowest BCUT2D eigenvalue weighted by Crippen LogP contribution is -2.50. The normalized spacial score (nSPS) is 46.4. The van der Waals surface area contributed by atoms with Crippen molar-refractivity contribution in [1.82, 2.24) is 0 Å². The molecule has 1 aliphatic heterocycles. The molecule has 9 unspecified atom stereocenters. The zero-order valence-electron chi connectivity index (χ0n) is 11.2. The van der Waals surface area contributed by atoms with Crippen LogP contribution in [0.4, 0.5) is 0 Å². The average Bonchev–Trinajstić information content (AvgIpc) is 3.01. The molecule has 0 bridgehead atoms. The molecule has 1 saturated carbocycles. The van der Waals surface area contributed by atoms with Gasteiger partial charge >= 0.3 is 0 Å². The molecule has 0 aromatic heterocycles. The Morgan fingerprint density at radius 2 is 1.80 bits per heavy atom. The van der Waals surface area contributed by atoms with Crippen LogP contribution in [0.3, 0.4) is 0 Å². The van der Waals surface area contributed by atoms with Crippen LogP contribution < -0.4 is 5.73 Å². The van der Waals surface area contributed by atoms with Gasteiger partial charge in [0.25, 0.3) is 0 Å². The predicted molar refractivity (Wildman–Crippen MR) is 76.7 cm³/mol. The van der Waals surface area contributed by atoms with E-state index in [1.54, 1.807) is 0 Å². The maximum absolute atomic E-state index is 10.0. The quantitative estimate of drug-likeness (QED) is 0.158. The van der Waals surface area contributed by atoms with Gasteiger partial charge in [-0.1, -0.05) is 0 Å². The fourth-order valence-electron chi connectivity index (χ4n) is 2.86. The SMILES string of the molecule is CC(O)C(O)C(N)C(O)C=[SH+]1CC(O)C(O)C12CC2O. The van der Waals surface area contributed by atoms with E-state index in [1.807, 2.05) is 0 Å². The number of rotatable bonds is 4. The Morgan fingerprint density at radius 3 is 2.25 bits per heavy atom. The molecule has 2 fully saturated rings. The molecule has 1 spiro atoms. The van der Waals surface area contributed by atoms with Crippen LogP contribution in [0.5, 0.6) is 0 Å². The maximum Gasteiger partial charge on any atom is 0.150 e. The summed E-state index contributed by atoms with van der Waals surface area (Å²) in [6.07, 6.45) is -5.71. The van der Waals surface area contributed by atoms with Crippen molar-refractivity contribution in [2.45, 2.75) is 60.8 Å². The van der Waals surface area contributed by atoms with Gasteiger partial charge in [0.1, 0.15) is 30.2 Å². The van der Waals surface area contributed by atoms with Crippen LogP contribution >= 0.6 is 0 Å².